The molecule has 0 aliphatic heterocycles. The van der Waals surface area contributed by atoms with Gasteiger partial charge in [0.15, 0.2) is 0 Å². The van der Waals surface area contributed by atoms with Crippen LogP contribution in [-0.4, -0.2) is 8.07 Å². The second-order valence-electron chi connectivity index (χ2n) is 6.33. The first-order valence-corrected chi connectivity index (χ1v) is 10.9. The molecule has 0 amide bonds. The Morgan fingerprint density at radius 1 is 0.905 bits per heavy atom. The quantitative estimate of drug-likeness (QED) is 0.508. The molecule has 1 unspecified atom stereocenters. The second-order valence-corrected chi connectivity index (χ2v) is 11.3. The molecule has 1 atom stereocenters. The SMILES string of the molecule is CC(/C=C/CCc1ccccc1)[Si](C)(C)c1ccccc1. The van der Waals surface area contributed by atoms with Crippen LogP contribution in [-0.2, 0) is 6.42 Å². The highest BCUT2D eigenvalue weighted by molar-refractivity contribution is 6.91. The predicted molar refractivity (Wildman–Crippen MR) is 96.9 cm³/mol. The molecule has 0 saturated heterocycles. The number of hydrogen-bond acceptors (Lipinski definition) is 0. The van der Waals surface area contributed by atoms with Crippen LogP contribution in [0.1, 0.15) is 18.9 Å². The average Bonchev–Trinajstić information content (AvgIpc) is 2.53. The molecule has 0 aliphatic rings. The van der Waals surface area contributed by atoms with E-state index in [2.05, 4.69) is 92.8 Å². The van der Waals surface area contributed by atoms with Crippen molar-refractivity contribution in [2.75, 3.05) is 0 Å². The molecule has 2 rings (SSSR count). The van der Waals surface area contributed by atoms with Gasteiger partial charge in [0.1, 0.15) is 0 Å². The van der Waals surface area contributed by atoms with Crippen molar-refractivity contribution in [1.29, 1.82) is 0 Å². The van der Waals surface area contributed by atoms with Gasteiger partial charge in [0, 0.05) is 0 Å². The largest absolute Gasteiger partial charge is 0.0882 e. The Balaban J connectivity index is 1.91. The highest BCUT2D eigenvalue weighted by Crippen LogP contribution is 2.23. The lowest BCUT2D eigenvalue weighted by Crippen LogP contribution is -2.44. The number of aryl methyl sites for hydroxylation is 1. The summed E-state index contributed by atoms with van der Waals surface area (Å²) >= 11 is 0. The average molecular weight is 295 g/mol. The van der Waals surface area contributed by atoms with Crippen molar-refractivity contribution in [1.82, 2.24) is 0 Å². The van der Waals surface area contributed by atoms with Gasteiger partial charge < -0.3 is 0 Å². The van der Waals surface area contributed by atoms with Gasteiger partial charge in [-0.2, -0.15) is 0 Å². The molecule has 0 aliphatic carbocycles. The third-order valence-electron chi connectivity index (χ3n) is 4.52. The van der Waals surface area contributed by atoms with Crippen LogP contribution in [0.2, 0.25) is 18.6 Å². The van der Waals surface area contributed by atoms with Gasteiger partial charge in [-0.1, -0.05) is 98.0 Å². The summed E-state index contributed by atoms with van der Waals surface area (Å²) in [7, 11) is -1.40. The molecule has 0 spiro atoms. The molecule has 110 valence electrons. The number of hydrogen-bond donors (Lipinski definition) is 0. The maximum Gasteiger partial charge on any atom is 0.0871 e. The van der Waals surface area contributed by atoms with E-state index in [1.807, 2.05) is 0 Å². The molecule has 0 saturated carbocycles. The Labute approximate surface area is 130 Å². The molecule has 2 aromatic rings. The Hall–Kier alpha value is -1.60. The van der Waals surface area contributed by atoms with Gasteiger partial charge in [-0.05, 0) is 23.9 Å². The van der Waals surface area contributed by atoms with Crippen molar-refractivity contribution in [2.45, 2.75) is 38.4 Å². The fraction of sp³-hybridized carbons (Fsp3) is 0.300. The van der Waals surface area contributed by atoms with Crippen molar-refractivity contribution >= 4 is 13.3 Å². The molecule has 0 nitrogen and oxygen atoms in total. The van der Waals surface area contributed by atoms with Gasteiger partial charge in [0.2, 0.25) is 0 Å². The molecule has 1 heteroatoms. The van der Waals surface area contributed by atoms with Crippen LogP contribution < -0.4 is 5.19 Å². The van der Waals surface area contributed by atoms with Crippen LogP contribution in [0.15, 0.2) is 72.8 Å². The lowest BCUT2D eigenvalue weighted by molar-refractivity contribution is 0.987. The van der Waals surface area contributed by atoms with E-state index >= 15 is 0 Å². The monoisotopic (exact) mass is 294 g/mol. The van der Waals surface area contributed by atoms with Gasteiger partial charge in [0.25, 0.3) is 0 Å². The third kappa shape index (κ3) is 4.43. The number of allylic oxidation sites excluding steroid dienone is 2. The van der Waals surface area contributed by atoms with E-state index < -0.39 is 8.07 Å². The molecule has 0 heterocycles. The molecular weight excluding hydrogens is 268 g/mol. The minimum atomic E-state index is -1.40. The summed E-state index contributed by atoms with van der Waals surface area (Å²) in [5, 5.41) is 1.55. The summed E-state index contributed by atoms with van der Waals surface area (Å²) in [5.41, 5.74) is 2.09. The van der Waals surface area contributed by atoms with Crippen molar-refractivity contribution in [2.24, 2.45) is 0 Å². The van der Waals surface area contributed by atoms with E-state index in [1.165, 1.54) is 5.56 Å². The zero-order valence-electron chi connectivity index (χ0n) is 13.4. The summed E-state index contributed by atoms with van der Waals surface area (Å²) in [6, 6.07) is 21.7. The van der Waals surface area contributed by atoms with Crippen LogP contribution >= 0.6 is 0 Å². The van der Waals surface area contributed by atoms with E-state index in [9.17, 15) is 0 Å². The van der Waals surface area contributed by atoms with Crippen molar-refractivity contribution in [3.8, 4) is 0 Å². The fourth-order valence-electron chi connectivity index (χ4n) is 2.57. The maximum absolute atomic E-state index is 2.47. The minimum Gasteiger partial charge on any atom is -0.0882 e. The van der Waals surface area contributed by atoms with E-state index in [0.717, 1.165) is 12.8 Å². The lowest BCUT2D eigenvalue weighted by atomic mass is 10.1. The fourth-order valence-corrected chi connectivity index (χ4v) is 4.76. The van der Waals surface area contributed by atoms with Gasteiger partial charge in [0.05, 0.1) is 8.07 Å². The van der Waals surface area contributed by atoms with Crippen LogP contribution in [0.25, 0.3) is 0 Å². The van der Waals surface area contributed by atoms with Crippen LogP contribution in [0, 0.1) is 0 Å². The zero-order chi connectivity index (χ0) is 15.1. The van der Waals surface area contributed by atoms with Gasteiger partial charge in [-0.15, -0.1) is 0 Å². The van der Waals surface area contributed by atoms with Crippen molar-refractivity contribution < 1.29 is 0 Å². The summed E-state index contributed by atoms with van der Waals surface area (Å²) in [4.78, 5) is 0. The van der Waals surface area contributed by atoms with E-state index in [-0.39, 0.29) is 0 Å². The normalized spacial score (nSPS) is 13.5. The highest BCUT2D eigenvalue weighted by Gasteiger charge is 2.28. The number of rotatable bonds is 6. The topological polar surface area (TPSA) is 0 Å². The molecule has 21 heavy (non-hydrogen) atoms. The molecule has 0 N–H and O–H groups in total. The molecule has 0 radical (unpaired) electrons. The van der Waals surface area contributed by atoms with Crippen molar-refractivity contribution in [3.63, 3.8) is 0 Å². The minimum absolute atomic E-state index is 0.663. The molecule has 0 fully saturated rings. The van der Waals surface area contributed by atoms with E-state index in [0.29, 0.717) is 5.54 Å². The van der Waals surface area contributed by atoms with Crippen LogP contribution in [0.4, 0.5) is 0 Å². The van der Waals surface area contributed by atoms with Crippen LogP contribution in [0.3, 0.4) is 0 Å². The molecule has 2 aromatic carbocycles. The molecular formula is C20H26Si. The third-order valence-corrected chi connectivity index (χ3v) is 8.81. The summed E-state index contributed by atoms with van der Waals surface area (Å²) < 4.78 is 0. The predicted octanol–water partition coefficient (Wildman–Crippen LogP) is 5.18. The van der Waals surface area contributed by atoms with E-state index in [4.69, 9.17) is 0 Å². The van der Waals surface area contributed by atoms with Gasteiger partial charge >= 0.3 is 0 Å². The van der Waals surface area contributed by atoms with Crippen LogP contribution in [0.5, 0.6) is 0 Å². The number of benzene rings is 2. The maximum atomic E-state index is 2.47. The molecule has 0 aromatic heterocycles. The summed E-state index contributed by atoms with van der Waals surface area (Å²) in [6.07, 6.45) is 7.07. The smallest absolute Gasteiger partial charge is 0.0871 e. The summed E-state index contributed by atoms with van der Waals surface area (Å²) in [5.74, 6) is 0. The Morgan fingerprint density at radius 2 is 1.48 bits per heavy atom. The lowest BCUT2D eigenvalue weighted by Gasteiger charge is -2.28. The van der Waals surface area contributed by atoms with Crippen molar-refractivity contribution in [3.05, 3.63) is 78.4 Å². The zero-order valence-corrected chi connectivity index (χ0v) is 14.4. The van der Waals surface area contributed by atoms with Gasteiger partial charge in [-0.3, -0.25) is 0 Å². The molecule has 0 bridgehead atoms. The van der Waals surface area contributed by atoms with E-state index in [1.54, 1.807) is 5.19 Å². The first-order valence-electron chi connectivity index (χ1n) is 7.87. The second kappa shape index (κ2) is 7.42. The standard InChI is InChI=1S/C20H26Si/c1-18(21(2,3)20-16-8-5-9-17-20)12-10-11-15-19-13-6-4-7-14-19/h4-10,12-14,16-18H,11,15H2,1-3H3/b12-10+. The highest BCUT2D eigenvalue weighted by atomic mass is 28.3. The van der Waals surface area contributed by atoms with Gasteiger partial charge in [-0.25, -0.2) is 0 Å². The Morgan fingerprint density at radius 3 is 2.10 bits per heavy atom. The first kappa shape index (κ1) is 15.8. The first-order chi connectivity index (χ1) is 10.1. The summed E-state index contributed by atoms with van der Waals surface area (Å²) in [6.45, 7) is 7.31. The Bertz CT molecular complexity index is 555. The Kier molecular flexibility index (Phi) is 5.57.